The fourth-order valence-electron chi connectivity index (χ4n) is 3.54. The smallest absolute Gasteiger partial charge is 0.00268 e. The molecule has 1 unspecified atom stereocenters. The van der Waals surface area contributed by atoms with Crippen LogP contribution in [0.15, 0.2) is 78.9 Å². The van der Waals surface area contributed by atoms with E-state index in [-0.39, 0.29) is 0 Å². The quantitative estimate of drug-likeness (QED) is 0.352. The molecule has 0 N–H and O–H groups in total. The van der Waals surface area contributed by atoms with Crippen LogP contribution in [-0.4, -0.2) is 0 Å². The van der Waals surface area contributed by atoms with Crippen LogP contribution >= 0.6 is 0 Å². The molecule has 4 aromatic rings. The SMILES string of the molecule is CCC(C)c1ccc(-c2c3ccccc3cc3ccccc23)cc1. The van der Waals surface area contributed by atoms with Crippen LogP contribution in [0, 0.1) is 0 Å². The topological polar surface area (TPSA) is 0 Å². The highest BCUT2D eigenvalue weighted by molar-refractivity contribution is 6.12. The molecule has 0 spiro atoms. The fourth-order valence-corrected chi connectivity index (χ4v) is 3.54. The van der Waals surface area contributed by atoms with Crippen LogP contribution in [0.4, 0.5) is 0 Å². The van der Waals surface area contributed by atoms with Gasteiger partial charge in [-0.1, -0.05) is 86.6 Å². The summed E-state index contributed by atoms with van der Waals surface area (Å²) in [6, 6.07) is 28.8. The number of hydrogen-bond acceptors (Lipinski definition) is 0. The van der Waals surface area contributed by atoms with Crippen LogP contribution in [0.3, 0.4) is 0 Å². The van der Waals surface area contributed by atoms with Crippen molar-refractivity contribution in [1.82, 2.24) is 0 Å². The zero-order valence-corrected chi connectivity index (χ0v) is 14.3. The number of benzene rings is 4. The number of hydrogen-bond donors (Lipinski definition) is 0. The van der Waals surface area contributed by atoms with Crippen LogP contribution in [-0.2, 0) is 0 Å². The van der Waals surface area contributed by atoms with Crippen LogP contribution < -0.4 is 0 Å². The Morgan fingerprint density at radius 2 is 1.25 bits per heavy atom. The van der Waals surface area contributed by atoms with Crippen molar-refractivity contribution in [3.63, 3.8) is 0 Å². The molecule has 0 heterocycles. The maximum atomic E-state index is 2.29. The lowest BCUT2D eigenvalue weighted by atomic mass is 9.90. The second-order valence-electron chi connectivity index (χ2n) is 6.63. The maximum Gasteiger partial charge on any atom is -0.00268 e. The van der Waals surface area contributed by atoms with Gasteiger partial charge in [0.25, 0.3) is 0 Å². The van der Waals surface area contributed by atoms with Crippen molar-refractivity contribution in [2.45, 2.75) is 26.2 Å². The predicted molar refractivity (Wildman–Crippen MR) is 106 cm³/mol. The van der Waals surface area contributed by atoms with Gasteiger partial charge in [0.05, 0.1) is 0 Å². The van der Waals surface area contributed by atoms with Crippen molar-refractivity contribution >= 4 is 21.5 Å². The minimum absolute atomic E-state index is 0.614. The number of fused-ring (bicyclic) bond motifs is 2. The lowest BCUT2D eigenvalue weighted by Crippen LogP contribution is -1.91. The first-order valence-electron chi connectivity index (χ1n) is 8.78. The van der Waals surface area contributed by atoms with Crippen molar-refractivity contribution in [3.8, 4) is 11.1 Å². The first kappa shape index (κ1) is 15.0. The lowest BCUT2D eigenvalue weighted by molar-refractivity contribution is 0.734. The molecule has 0 amide bonds. The van der Waals surface area contributed by atoms with Crippen molar-refractivity contribution in [3.05, 3.63) is 84.4 Å². The lowest BCUT2D eigenvalue weighted by Gasteiger charge is -2.14. The van der Waals surface area contributed by atoms with Gasteiger partial charge in [-0.15, -0.1) is 0 Å². The Labute approximate surface area is 143 Å². The molecule has 0 saturated heterocycles. The van der Waals surface area contributed by atoms with Gasteiger partial charge in [0.2, 0.25) is 0 Å². The van der Waals surface area contributed by atoms with Crippen molar-refractivity contribution in [1.29, 1.82) is 0 Å². The van der Waals surface area contributed by atoms with Gasteiger partial charge >= 0.3 is 0 Å². The van der Waals surface area contributed by atoms with E-state index in [0.717, 1.165) is 0 Å². The summed E-state index contributed by atoms with van der Waals surface area (Å²) >= 11 is 0. The fraction of sp³-hybridized carbons (Fsp3) is 0.167. The predicted octanol–water partition coefficient (Wildman–Crippen LogP) is 7.17. The Kier molecular flexibility index (Phi) is 3.82. The third-order valence-corrected chi connectivity index (χ3v) is 5.15. The Balaban J connectivity index is 2.00. The second kappa shape index (κ2) is 6.13. The van der Waals surface area contributed by atoms with Crippen LogP contribution in [0.25, 0.3) is 32.7 Å². The van der Waals surface area contributed by atoms with Gasteiger partial charge in [0.1, 0.15) is 0 Å². The van der Waals surface area contributed by atoms with Gasteiger partial charge in [-0.05, 0) is 56.6 Å². The molecule has 0 nitrogen and oxygen atoms in total. The maximum absolute atomic E-state index is 2.29. The first-order chi connectivity index (χ1) is 11.8. The van der Waals surface area contributed by atoms with Gasteiger partial charge in [0.15, 0.2) is 0 Å². The molecular weight excluding hydrogens is 288 g/mol. The van der Waals surface area contributed by atoms with E-state index >= 15 is 0 Å². The molecule has 1 atom stereocenters. The molecule has 0 bridgehead atoms. The van der Waals surface area contributed by atoms with E-state index in [1.54, 1.807) is 0 Å². The Bertz CT molecular complexity index is 939. The van der Waals surface area contributed by atoms with Crippen LogP contribution in [0.1, 0.15) is 31.7 Å². The summed E-state index contributed by atoms with van der Waals surface area (Å²) in [5.74, 6) is 0.614. The molecule has 4 rings (SSSR count). The Hall–Kier alpha value is -2.60. The van der Waals surface area contributed by atoms with Crippen molar-refractivity contribution < 1.29 is 0 Å². The number of rotatable bonds is 3. The molecule has 0 radical (unpaired) electrons. The monoisotopic (exact) mass is 310 g/mol. The van der Waals surface area contributed by atoms with Crippen molar-refractivity contribution in [2.75, 3.05) is 0 Å². The summed E-state index contributed by atoms with van der Waals surface area (Å²) in [5, 5.41) is 5.26. The van der Waals surface area contributed by atoms with E-state index in [2.05, 4.69) is 92.7 Å². The highest BCUT2D eigenvalue weighted by Crippen LogP contribution is 2.36. The third-order valence-electron chi connectivity index (χ3n) is 5.15. The largest absolute Gasteiger partial charge is 0.0648 e. The van der Waals surface area contributed by atoms with Gasteiger partial charge in [-0.25, -0.2) is 0 Å². The summed E-state index contributed by atoms with van der Waals surface area (Å²) in [7, 11) is 0. The molecule has 0 saturated carbocycles. The molecule has 0 aromatic heterocycles. The van der Waals surface area contributed by atoms with E-state index in [0.29, 0.717) is 5.92 Å². The summed E-state index contributed by atoms with van der Waals surface area (Å²) < 4.78 is 0. The van der Waals surface area contributed by atoms with E-state index in [1.165, 1.54) is 44.7 Å². The van der Waals surface area contributed by atoms with Gasteiger partial charge in [-0.2, -0.15) is 0 Å². The normalized spacial score (nSPS) is 12.6. The molecule has 4 aromatic carbocycles. The van der Waals surface area contributed by atoms with Gasteiger partial charge in [-0.3, -0.25) is 0 Å². The van der Waals surface area contributed by atoms with E-state index in [4.69, 9.17) is 0 Å². The molecule has 0 heteroatoms. The average Bonchev–Trinajstić information content (AvgIpc) is 2.65. The molecule has 0 fully saturated rings. The standard InChI is InChI=1S/C24H22/c1-3-17(2)18-12-14-19(15-13-18)24-22-10-6-4-8-20(22)16-21-9-5-7-11-23(21)24/h4-17H,3H2,1-2H3. The summed E-state index contributed by atoms with van der Waals surface area (Å²) in [6.45, 7) is 4.54. The molecule has 0 aliphatic heterocycles. The van der Waals surface area contributed by atoms with E-state index in [9.17, 15) is 0 Å². The highest BCUT2D eigenvalue weighted by atomic mass is 14.1. The molecular formula is C24H22. The minimum atomic E-state index is 0.614. The minimum Gasteiger partial charge on any atom is -0.0648 e. The Morgan fingerprint density at radius 1 is 0.708 bits per heavy atom. The molecule has 24 heavy (non-hydrogen) atoms. The second-order valence-corrected chi connectivity index (χ2v) is 6.63. The average molecular weight is 310 g/mol. The molecule has 118 valence electrons. The van der Waals surface area contributed by atoms with Crippen LogP contribution in [0.2, 0.25) is 0 Å². The summed E-state index contributed by atoms with van der Waals surface area (Å²) in [6.07, 6.45) is 1.18. The van der Waals surface area contributed by atoms with Gasteiger partial charge in [0, 0.05) is 0 Å². The zero-order valence-electron chi connectivity index (χ0n) is 14.3. The first-order valence-corrected chi connectivity index (χ1v) is 8.78. The third kappa shape index (κ3) is 2.49. The van der Waals surface area contributed by atoms with Gasteiger partial charge < -0.3 is 0 Å². The molecule has 0 aliphatic rings. The van der Waals surface area contributed by atoms with Crippen LogP contribution in [0.5, 0.6) is 0 Å². The van der Waals surface area contributed by atoms with E-state index < -0.39 is 0 Å². The Morgan fingerprint density at radius 3 is 1.79 bits per heavy atom. The molecule has 0 aliphatic carbocycles. The summed E-state index contributed by atoms with van der Waals surface area (Å²) in [4.78, 5) is 0. The highest BCUT2D eigenvalue weighted by Gasteiger charge is 2.10. The van der Waals surface area contributed by atoms with E-state index in [1.807, 2.05) is 0 Å². The summed E-state index contributed by atoms with van der Waals surface area (Å²) in [5.41, 5.74) is 4.07. The van der Waals surface area contributed by atoms with Crippen molar-refractivity contribution in [2.24, 2.45) is 0 Å². The zero-order chi connectivity index (χ0) is 16.5.